The third-order valence-corrected chi connectivity index (χ3v) is 4.58. The molecular weight excluding hydrogens is 340 g/mol. The van der Waals surface area contributed by atoms with Crippen LogP contribution >= 0.6 is 0 Å². The van der Waals surface area contributed by atoms with Crippen molar-refractivity contribution in [3.05, 3.63) is 66.5 Å². The maximum atomic E-state index is 11.3. The van der Waals surface area contributed by atoms with E-state index in [4.69, 9.17) is 16.2 Å². The van der Waals surface area contributed by atoms with E-state index < -0.39 is 5.91 Å². The summed E-state index contributed by atoms with van der Waals surface area (Å²) in [5, 5.41) is 0.982. The molecule has 0 fully saturated rings. The Bertz CT molecular complexity index is 1150. The molecule has 6 heteroatoms. The zero-order chi connectivity index (χ0) is 19.0. The van der Waals surface area contributed by atoms with Gasteiger partial charge in [-0.1, -0.05) is 18.2 Å². The van der Waals surface area contributed by atoms with Gasteiger partial charge in [-0.3, -0.25) is 4.79 Å². The zero-order valence-electron chi connectivity index (χ0n) is 14.7. The fourth-order valence-corrected chi connectivity index (χ4v) is 3.10. The van der Waals surface area contributed by atoms with Gasteiger partial charge in [0.1, 0.15) is 11.4 Å². The molecule has 0 aliphatic rings. The third-order valence-electron chi connectivity index (χ3n) is 4.58. The van der Waals surface area contributed by atoms with E-state index in [-0.39, 0.29) is 0 Å². The highest BCUT2D eigenvalue weighted by molar-refractivity contribution is 5.97. The molecule has 0 aliphatic carbocycles. The average molecular weight is 358 g/mol. The summed E-state index contributed by atoms with van der Waals surface area (Å²) >= 11 is 0. The van der Waals surface area contributed by atoms with Crippen LogP contribution in [-0.2, 0) is 0 Å². The van der Waals surface area contributed by atoms with E-state index in [0.29, 0.717) is 17.0 Å². The number of pyridine rings is 1. The number of anilines is 1. The number of hydrogen-bond donors (Lipinski definition) is 3. The van der Waals surface area contributed by atoms with Gasteiger partial charge in [-0.15, -0.1) is 0 Å². The molecule has 0 bridgehead atoms. The van der Waals surface area contributed by atoms with Gasteiger partial charge in [-0.2, -0.15) is 0 Å². The van der Waals surface area contributed by atoms with Crippen molar-refractivity contribution in [3.8, 4) is 28.0 Å². The molecule has 0 atom stereocenters. The number of H-pyrrole nitrogens is 1. The standard InChI is InChI=1S/C21H18N4O2/c1-27-19-9-14(6-7-18(19)22)15-8-16-17(11-25-21(16)24-10-15)12-2-4-13(5-3-12)20(23)26/h2-11H,22H2,1H3,(H2,23,26)(H,24,25). The van der Waals surface area contributed by atoms with Crippen molar-refractivity contribution >= 4 is 22.6 Å². The number of carbonyl (C=O) groups is 1. The van der Waals surface area contributed by atoms with Crippen molar-refractivity contribution in [3.63, 3.8) is 0 Å². The largest absolute Gasteiger partial charge is 0.495 e. The smallest absolute Gasteiger partial charge is 0.248 e. The highest BCUT2D eigenvalue weighted by Crippen LogP contribution is 2.33. The van der Waals surface area contributed by atoms with Crippen molar-refractivity contribution < 1.29 is 9.53 Å². The van der Waals surface area contributed by atoms with Crippen LogP contribution in [0.1, 0.15) is 10.4 Å². The SMILES string of the molecule is COc1cc(-c2cnc3[nH]cc(-c4ccc(C(N)=O)cc4)c3c2)ccc1N. The van der Waals surface area contributed by atoms with Crippen molar-refractivity contribution in [1.82, 2.24) is 9.97 Å². The number of rotatable bonds is 4. The molecule has 2 heterocycles. The summed E-state index contributed by atoms with van der Waals surface area (Å²) in [6.45, 7) is 0. The van der Waals surface area contributed by atoms with Gasteiger partial charge < -0.3 is 21.2 Å². The topological polar surface area (TPSA) is 107 Å². The van der Waals surface area contributed by atoms with Gasteiger partial charge >= 0.3 is 0 Å². The molecule has 4 rings (SSSR count). The maximum absolute atomic E-state index is 11.3. The van der Waals surface area contributed by atoms with Gasteiger partial charge in [0.2, 0.25) is 5.91 Å². The summed E-state index contributed by atoms with van der Waals surface area (Å²) in [7, 11) is 1.59. The monoisotopic (exact) mass is 358 g/mol. The van der Waals surface area contributed by atoms with Crippen LogP contribution in [0.5, 0.6) is 5.75 Å². The average Bonchev–Trinajstić information content (AvgIpc) is 3.11. The Morgan fingerprint density at radius 1 is 1.04 bits per heavy atom. The first kappa shape index (κ1) is 16.7. The first-order chi connectivity index (χ1) is 13.1. The minimum absolute atomic E-state index is 0.443. The van der Waals surface area contributed by atoms with Crippen LogP contribution in [0.15, 0.2) is 60.9 Å². The maximum Gasteiger partial charge on any atom is 0.248 e. The van der Waals surface area contributed by atoms with E-state index in [1.165, 1.54) is 0 Å². The number of methoxy groups -OCH3 is 1. The Labute approximate surface area is 155 Å². The lowest BCUT2D eigenvalue weighted by Crippen LogP contribution is -2.10. The summed E-state index contributed by atoms with van der Waals surface area (Å²) in [5.74, 6) is 0.186. The highest BCUT2D eigenvalue weighted by atomic mass is 16.5. The summed E-state index contributed by atoms with van der Waals surface area (Å²) in [6, 6.07) is 14.9. The van der Waals surface area contributed by atoms with Crippen LogP contribution in [0.4, 0.5) is 5.69 Å². The van der Waals surface area contributed by atoms with Gasteiger partial charge in [0.15, 0.2) is 0 Å². The fourth-order valence-electron chi connectivity index (χ4n) is 3.10. The molecule has 0 radical (unpaired) electrons. The van der Waals surface area contributed by atoms with Crippen LogP contribution in [-0.4, -0.2) is 23.0 Å². The highest BCUT2D eigenvalue weighted by Gasteiger charge is 2.11. The molecule has 4 aromatic rings. The first-order valence-corrected chi connectivity index (χ1v) is 8.38. The minimum Gasteiger partial charge on any atom is -0.495 e. The number of nitrogens with two attached hydrogens (primary N) is 2. The molecule has 1 amide bonds. The predicted octanol–water partition coefficient (Wildman–Crippen LogP) is 3.59. The molecule has 2 aromatic carbocycles. The molecule has 2 aromatic heterocycles. The molecule has 0 saturated heterocycles. The summed E-state index contributed by atoms with van der Waals surface area (Å²) in [6.07, 6.45) is 3.72. The van der Waals surface area contributed by atoms with E-state index in [9.17, 15) is 4.79 Å². The van der Waals surface area contributed by atoms with E-state index in [2.05, 4.69) is 16.0 Å². The third kappa shape index (κ3) is 2.97. The molecule has 0 saturated carbocycles. The van der Waals surface area contributed by atoms with Crippen molar-refractivity contribution in [2.24, 2.45) is 5.73 Å². The van der Waals surface area contributed by atoms with Gasteiger partial charge in [-0.05, 0) is 41.5 Å². The number of benzene rings is 2. The number of carbonyl (C=O) groups excluding carboxylic acids is 1. The Hall–Kier alpha value is -3.80. The number of primary amides is 1. The first-order valence-electron chi connectivity index (χ1n) is 8.38. The van der Waals surface area contributed by atoms with Crippen LogP contribution in [0, 0.1) is 0 Å². The number of nitrogens with zero attached hydrogens (tertiary/aromatic N) is 1. The predicted molar refractivity (Wildman–Crippen MR) is 106 cm³/mol. The quantitative estimate of drug-likeness (QED) is 0.485. The Morgan fingerprint density at radius 3 is 2.48 bits per heavy atom. The molecule has 0 spiro atoms. The second-order valence-corrected chi connectivity index (χ2v) is 6.22. The normalized spacial score (nSPS) is 10.9. The number of ether oxygens (including phenoxy) is 1. The molecule has 0 aliphatic heterocycles. The minimum atomic E-state index is -0.443. The number of nitrogens with one attached hydrogen (secondary N) is 1. The van der Waals surface area contributed by atoms with Crippen molar-refractivity contribution in [2.45, 2.75) is 0 Å². The van der Waals surface area contributed by atoms with E-state index in [1.807, 2.05) is 42.7 Å². The van der Waals surface area contributed by atoms with Gasteiger partial charge in [-0.25, -0.2) is 4.98 Å². The molecule has 134 valence electrons. The summed E-state index contributed by atoms with van der Waals surface area (Å²) in [4.78, 5) is 19.0. The summed E-state index contributed by atoms with van der Waals surface area (Å²) < 4.78 is 5.31. The van der Waals surface area contributed by atoms with E-state index in [0.717, 1.165) is 33.3 Å². The molecule has 0 unspecified atom stereocenters. The molecular formula is C21H18N4O2. The molecule has 5 N–H and O–H groups in total. The van der Waals surface area contributed by atoms with E-state index in [1.54, 1.807) is 19.2 Å². The van der Waals surface area contributed by atoms with Gasteiger partial charge in [0.05, 0.1) is 12.8 Å². The number of nitrogen functional groups attached to an aromatic ring is 1. The van der Waals surface area contributed by atoms with Gasteiger partial charge in [0.25, 0.3) is 0 Å². The number of amides is 1. The fraction of sp³-hybridized carbons (Fsp3) is 0.0476. The van der Waals surface area contributed by atoms with Crippen LogP contribution < -0.4 is 16.2 Å². The lowest BCUT2D eigenvalue weighted by molar-refractivity contribution is 0.100. The number of aromatic amines is 1. The lowest BCUT2D eigenvalue weighted by atomic mass is 10.0. The van der Waals surface area contributed by atoms with Crippen LogP contribution in [0.3, 0.4) is 0 Å². The van der Waals surface area contributed by atoms with Crippen molar-refractivity contribution in [2.75, 3.05) is 12.8 Å². The number of hydrogen-bond acceptors (Lipinski definition) is 4. The summed E-state index contributed by atoms with van der Waals surface area (Å²) in [5.41, 5.74) is 17.0. The number of fused-ring (bicyclic) bond motifs is 1. The van der Waals surface area contributed by atoms with Crippen LogP contribution in [0.2, 0.25) is 0 Å². The Morgan fingerprint density at radius 2 is 1.78 bits per heavy atom. The van der Waals surface area contributed by atoms with Crippen molar-refractivity contribution in [1.29, 1.82) is 0 Å². The van der Waals surface area contributed by atoms with E-state index >= 15 is 0 Å². The Kier molecular flexibility index (Phi) is 4.01. The lowest BCUT2D eigenvalue weighted by Gasteiger charge is -2.08. The molecule has 27 heavy (non-hydrogen) atoms. The second-order valence-electron chi connectivity index (χ2n) is 6.22. The van der Waals surface area contributed by atoms with Crippen LogP contribution in [0.25, 0.3) is 33.3 Å². The second kappa shape index (κ2) is 6.49. The zero-order valence-corrected chi connectivity index (χ0v) is 14.7. The van der Waals surface area contributed by atoms with Gasteiger partial charge in [0, 0.05) is 34.5 Å². The molecule has 6 nitrogen and oxygen atoms in total. The number of aromatic nitrogens is 2. The Balaban J connectivity index is 1.80.